The van der Waals surface area contributed by atoms with Gasteiger partial charge < -0.3 is 0 Å². The first-order valence-electron chi connectivity index (χ1n) is 7.06. The molecule has 0 aromatic heterocycles. The molecule has 2 rings (SSSR count). The molecule has 0 saturated carbocycles. The first kappa shape index (κ1) is 19.9. The van der Waals surface area contributed by atoms with Crippen molar-refractivity contribution in [3.8, 4) is 0 Å². The Morgan fingerprint density at radius 2 is 1.48 bits per heavy atom. The van der Waals surface area contributed by atoms with Crippen molar-refractivity contribution in [2.24, 2.45) is 0 Å². The standard InChI is InChI=1S/C16H16F2O4S3/c1-10(16-12(17)5-4-6-13(16)18)23-14-8-7-11(24(2,19)20)9-15(14)25(3,21)22/h4-10H,1-3H3. The van der Waals surface area contributed by atoms with E-state index in [9.17, 15) is 25.6 Å². The molecule has 0 spiro atoms. The lowest BCUT2D eigenvalue weighted by atomic mass is 10.1. The number of rotatable bonds is 5. The van der Waals surface area contributed by atoms with Crippen LogP contribution in [0.1, 0.15) is 17.7 Å². The highest BCUT2D eigenvalue weighted by atomic mass is 32.2. The second-order valence-electron chi connectivity index (χ2n) is 5.55. The van der Waals surface area contributed by atoms with Gasteiger partial charge in [0.2, 0.25) is 0 Å². The molecule has 1 unspecified atom stereocenters. The molecule has 9 heteroatoms. The highest BCUT2D eigenvalue weighted by Gasteiger charge is 2.22. The summed E-state index contributed by atoms with van der Waals surface area (Å²) in [4.78, 5) is -0.101. The van der Waals surface area contributed by atoms with Gasteiger partial charge in [0.25, 0.3) is 0 Å². The summed E-state index contributed by atoms with van der Waals surface area (Å²) in [6, 6.07) is 7.18. The van der Waals surface area contributed by atoms with E-state index >= 15 is 0 Å². The summed E-state index contributed by atoms with van der Waals surface area (Å²) in [6.45, 7) is 1.54. The maximum absolute atomic E-state index is 13.9. The topological polar surface area (TPSA) is 68.3 Å². The fraction of sp³-hybridized carbons (Fsp3) is 0.250. The van der Waals surface area contributed by atoms with Crippen molar-refractivity contribution in [3.05, 3.63) is 53.6 Å². The van der Waals surface area contributed by atoms with E-state index in [1.807, 2.05) is 0 Å². The number of hydrogen-bond acceptors (Lipinski definition) is 5. The third-order valence-electron chi connectivity index (χ3n) is 3.45. The molecule has 0 aliphatic rings. The van der Waals surface area contributed by atoms with Crippen LogP contribution in [-0.2, 0) is 19.7 Å². The molecular weight excluding hydrogens is 390 g/mol. The highest BCUT2D eigenvalue weighted by molar-refractivity contribution is 8.00. The third-order valence-corrected chi connectivity index (χ3v) is 7.03. The van der Waals surface area contributed by atoms with Crippen LogP contribution in [-0.4, -0.2) is 29.3 Å². The molecule has 0 amide bonds. The lowest BCUT2D eigenvalue weighted by molar-refractivity contribution is 0.557. The van der Waals surface area contributed by atoms with Crippen LogP contribution < -0.4 is 0 Å². The number of sulfone groups is 2. The Bertz CT molecular complexity index is 995. The van der Waals surface area contributed by atoms with Gasteiger partial charge in [-0.15, -0.1) is 11.8 Å². The number of halogens is 2. The van der Waals surface area contributed by atoms with Gasteiger partial charge in [-0.3, -0.25) is 0 Å². The summed E-state index contributed by atoms with van der Waals surface area (Å²) in [5.74, 6) is -1.46. The number of hydrogen-bond donors (Lipinski definition) is 0. The minimum absolute atomic E-state index is 0.137. The number of benzene rings is 2. The second-order valence-corrected chi connectivity index (χ2v) is 10.9. The molecule has 0 aliphatic heterocycles. The Balaban J connectivity index is 2.53. The van der Waals surface area contributed by atoms with Crippen LogP contribution in [0, 0.1) is 11.6 Å². The van der Waals surface area contributed by atoms with E-state index in [4.69, 9.17) is 0 Å². The first-order valence-corrected chi connectivity index (χ1v) is 11.7. The summed E-state index contributed by atoms with van der Waals surface area (Å²) < 4.78 is 75.2. The van der Waals surface area contributed by atoms with Gasteiger partial charge in [-0.1, -0.05) is 6.07 Å². The van der Waals surface area contributed by atoms with E-state index in [1.54, 1.807) is 6.92 Å². The van der Waals surface area contributed by atoms with Crippen LogP contribution in [0.25, 0.3) is 0 Å². The smallest absolute Gasteiger partial charge is 0.176 e. The Kier molecular flexibility index (Phi) is 5.60. The normalized spacial score (nSPS) is 13.6. The van der Waals surface area contributed by atoms with Gasteiger partial charge in [-0.2, -0.15) is 0 Å². The van der Waals surface area contributed by atoms with Gasteiger partial charge in [-0.05, 0) is 37.3 Å². The minimum atomic E-state index is -3.74. The summed E-state index contributed by atoms with van der Waals surface area (Å²) in [5, 5.41) is -0.717. The SMILES string of the molecule is CC(Sc1ccc(S(C)(=O)=O)cc1S(C)(=O)=O)c1c(F)cccc1F. The molecule has 0 heterocycles. The molecular formula is C16H16F2O4S3. The van der Waals surface area contributed by atoms with Crippen molar-refractivity contribution >= 4 is 31.4 Å². The van der Waals surface area contributed by atoms with Crippen LogP contribution in [0.5, 0.6) is 0 Å². The van der Waals surface area contributed by atoms with E-state index < -0.39 is 36.6 Å². The van der Waals surface area contributed by atoms with Crippen LogP contribution >= 0.6 is 11.8 Å². The van der Waals surface area contributed by atoms with Crippen LogP contribution in [0.2, 0.25) is 0 Å². The monoisotopic (exact) mass is 406 g/mol. The van der Waals surface area contributed by atoms with Crippen LogP contribution in [0.4, 0.5) is 8.78 Å². The fourth-order valence-electron chi connectivity index (χ4n) is 2.25. The van der Waals surface area contributed by atoms with Crippen molar-refractivity contribution in [2.75, 3.05) is 12.5 Å². The first-order chi connectivity index (χ1) is 11.4. The molecule has 25 heavy (non-hydrogen) atoms. The van der Waals surface area contributed by atoms with E-state index in [0.29, 0.717) is 0 Å². The second kappa shape index (κ2) is 7.05. The van der Waals surface area contributed by atoms with E-state index in [2.05, 4.69) is 0 Å². The maximum Gasteiger partial charge on any atom is 0.176 e. The van der Waals surface area contributed by atoms with Crippen molar-refractivity contribution in [1.82, 2.24) is 0 Å². The maximum atomic E-state index is 13.9. The largest absolute Gasteiger partial charge is 0.224 e. The average molecular weight is 406 g/mol. The molecule has 4 nitrogen and oxygen atoms in total. The molecule has 0 fully saturated rings. The van der Waals surface area contributed by atoms with Crippen molar-refractivity contribution in [1.29, 1.82) is 0 Å². The number of thioether (sulfide) groups is 1. The Morgan fingerprint density at radius 1 is 0.920 bits per heavy atom. The van der Waals surface area contributed by atoms with Gasteiger partial charge in [0.15, 0.2) is 19.7 Å². The van der Waals surface area contributed by atoms with E-state index in [-0.39, 0.29) is 20.2 Å². The Hall–Kier alpha value is -1.45. The summed E-state index contributed by atoms with van der Waals surface area (Å²) in [5.41, 5.74) is -0.167. The molecule has 0 bridgehead atoms. The van der Waals surface area contributed by atoms with Gasteiger partial charge in [0.05, 0.1) is 9.79 Å². The fourth-order valence-corrected chi connectivity index (χ4v) is 5.39. The van der Waals surface area contributed by atoms with Crippen LogP contribution in [0.15, 0.2) is 51.1 Å². The van der Waals surface area contributed by atoms with Gasteiger partial charge >= 0.3 is 0 Å². The quantitative estimate of drug-likeness (QED) is 0.710. The predicted octanol–water partition coefficient (Wildman–Crippen LogP) is 3.63. The van der Waals surface area contributed by atoms with Crippen LogP contribution in [0.3, 0.4) is 0 Å². The van der Waals surface area contributed by atoms with Gasteiger partial charge in [-0.25, -0.2) is 25.6 Å². The average Bonchev–Trinajstić information content (AvgIpc) is 2.45. The predicted molar refractivity (Wildman–Crippen MR) is 93.3 cm³/mol. The molecule has 0 aliphatic carbocycles. The summed E-state index contributed by atoms with van der Waals surface area (Å²) in [7, 11) is -7.33. The lowest BCUT2D eigenvalue weighted by Crippen LogP contribution is -2.05. The molecule has 136 valence electrons. The lowest BCUT2D eigenvalue weighted by Gasteiger charge is -2.16. The molecule has 2 aromatic rings. The summed E-state index contributed by atoms with van der Waals surface area (Å²) in [6.07, 6.45) is 1.92. The minimum Gasteiger partial charge on any atom is -0.224 e. The Morgan fingerprint density at radius 3 is 1.96 bits per heavy atom. The van der Waals surface area contributed by atoms with Crippen molar-refractivity contribution in [3.63, 3.8) is 0 Å². The molecule has 2 aromatic carbocycles. The molecule has 0 radical (unpaired) electrons. The molecule has 0 N–H and O–H groups in total. The molecule has 1 atom stereocenters. The van der Waals surface area contributed by atoms with Crippen molar-refractivity contribution < 1.29 is 25.6 Å². The summed E-state index contributed by atoms with van der Waals surface area (Å²) >= 11 is 0.944. The zero-order valence-electron chi connectivity index (χ0n) is 13.7. The highest BCUT2D eigenvalue weighted by Crippen LogP contribution is 2.40. The zero-order valence-corrected chi connectivity index (χ0v) is 16.1. The molecule has 0 saturated heterocycles. The van der Waals surface area contributed by atoms with E-state index in [0.717, 1.165) is 42.5 Å². The van der Waals surface area contributed by atoms with E-state index in [1.165, 1.54) is 18.2 Å². The zero-order chi connectivity index (χ0) is 19.0. The van der Waals surface area contributed by atoms with Gasteiger partial charge in [0.1, 0.15) is 11.6 Å². The Labute approximate surface area is 150 Å². The van der Waals surface area contributed by atoms with Crippen molar-refractivity contribution in [2.45, 2.75) is 26.9 Å². The van der Waals surface area contributed by atoms with Gasteiger partial charge in [0, 0.05) is 28.2 Å². The third kappa shape index (κ3) is 4.59.